The first-order chi connectivity index (χ1) is 11.0. The fraction of sp³-hybridized carbons (Fsp3) is 0.375. The van der Waals surface area contributed by atoms with Crippen molar-refractivity contribution in [3.8, 4) is 5.69 Å². The molecular weight excluding hydrogens is 302 g/mol. The molecule has 5 nitrogen and oxygen atoms in total. The minimum Gasteiger partial charge on any atom is -0.369 e. The van der Waals surface area contributed by atoms with Crippen LogP contribution in [-0.2, 0) is 11.3 Å². The molecule has 0 saturated carbocycles. The highest BCUT2D eigenvalue weighted by atomic mass is 19.1. The van der Waals surface area contributed by atoms with Crippen molar-refractivity contribution in [2.75, 3.05) is 13.1 Å². The van der Waals surface area contributed by atoms with Crippen LogP contribution >= 0.6 is 0 Å². The largest absolute Gasteiger partial charge is 0.369 e. The molecule has 1 amide bonds. The Hall–Kier alpha value is -2.28. The second kappa shape index (κ2) is 6.08. The third kappa shape index (κ3) is 3.10. The van der Waals surface area contributed by atoms with Crippen LogP contribution in [0.3, 0.4) is 0 Å². The molecule has 2 N–H and O–H groups in total. The zero-order chi connectivity index (χ0) is 16.6. The highest BCUT2D eigenvalue weighted by Gasteiger charge is 2.33. The van der Waals surface area contributed by atoms with E-state index in [1.807, 2.05) is 6.92 Å². The van der Waals surface area contributed by atoms with Crippen molar-refractivity contribution in [2.24, 2.45) is 17.6 Å². The predicted molar refractivity (Wildman–Crippen MR) is 80.6 cm³/mol. The van der Waals surface area contributed by atoms with Crippen LogP contribution in [0.1, 0.15) is 12.6 Å². The molecule has 2 aromatic rings. The standard InChI is InChI=1S/C16H18F2N4O/c1-10-7-21(9-12(10)16(19)23)8-11-5-6-22(20-11)15-13(17)3-2-4-14(15)18/h2-6,10,12H,7-9H2,1H3,(H2,19,23)/t10-,12-/m1/s1. The van der Waals surface area contributed by atoms with Gasteiger partial charge in [0.25, 0.3) is 0 Å². The van der Waals surface area contributed by atoms with Gasteiger partial charge < -0.3 is 5.73 Å². The number of carbonyl (C=O) groups is 1. The molecule has 3 rings (SSSR count). The predicted octanol–water partition coefficient (Wildman–Crippen LogP) is 1.70. The first-order valence-corrected chi connectivity index (χ1v) is 7.46. The minimum absolute atomic E-state index is 0.166. The van der Waals surface area contributed by atoms with E-state index in [4.69, 9.17) is 5.73 Å². The number of primary amides is 1. The molecule has 0 bridgehead atoms. The number of hydrogen-bond donors (Lipinski definition) is 1. The summed E-state index contributed by atoms with van der Waals surface area (Å²) in [5.41, 5.74) is 5.88. The van der Waals surface area contributed by atoms with Gasteiger partial charge >= 0.3 is 0 Å². The maximum absolute atomic E-state index is 13.8. The van der Waals surface area contributed by atoms with Gasteiger partial charge in [-0.3, -0.25) is 9.69 Å². The normalized spacial score (nSPS) is 21.7. The molecule has 0 aliphatic carbocycles. The fourth-order valence-electron chi connectivity index (χ4n) is 3.07. The molecule has 1 fully saturated rings. The van der Waals surface area contributed by atoms with Crippen LogP contribution in [0.25, 0.3) is 5.69 Å². The second-order valence-corrected chi connectivity index (χ2v) is 6.00. The van der Waals surface area contributed by atoms with Crippen LogP contribution in [-0.4, -0.2) is 33.7 Å². The molecule has 1 saturated heterocycles. The number of hydrogen-bond acceptors (Lipinski definition) is 3. The van der Waals surface area contributed by atoms with E-state index in [1.165, 1.54) is 29.1 Å². The summed E-state index contributed by atoms with van der Waals surface area (Å²) in [7, 11) is 0. The molecule has 2 heterocycles. The van der Waals surface area contributed by atoms with Crippen molar-refractivity contribution < 1.29 is 13.6 Å². The van der Waals surface area contributed by atoms with Crippen LogP contribution in [0.15, 0.2) is 30.5 Å². The summed E-state index contributed by atoms with van der Waals surface area (Å²) in [6, 6.07) is 5.42. The number of nitrogens with zero attached hydrogens (tertiary/aromatic N) is 3. The number of benzene rings is 1. The second-order valence-electron chi connectivity index (χ2n) is 6.00. The third-order valence-corrected chi connectivity index (χ3v) is 4.25. The lowest BCUT2D eigenvalue weighted by Gasteiger charge is -2.13. The monoisotopic (exact) mass is 320 g/mol. The van der Waals surface area contributed by atoms with Gasteiger partial charge in [-0.2, -0.15) is 5.10 Å². The number of nitrogens with two attached hydrogens (primary N) is 1. The SMILES string of the molecule is C[C@@H]1CN(Cc2ccn(-c3c(F)cccc3F)n2)C[C@H]1C(N)=O. The lowest BCUT2D eigenvalue weighted by molar-refractivity contribution is -0.122. The fourth-order valence-corrected chi connectivity index (χ4v) is 3.07. The number of rotatable bonds is 4. The Bertz CT molecular complexity index is 710. The Morgan fingerprint density at radius 3 is 2.61 bits per heavy atom. The van der Waals surface area contributed by atoms with Crippen LogP contribution in [0.2, 0.25) is 0 Å². The molecule has 1 aromatic carbocycles. The molecule has 0 spiro atoms. The van der Waals surface area contributed by atoms with E-state index in [2.05, 4.69) is 10.00 Å². The summed E-state index contributed by atoms with van der Waals surface area (Å²) in [6.07, 6.45) is 1.53. The van der Waals surface area contributed by atoms with Crippen molar-refractivity contribution in [2.45, 2.75) is 13.5 Å². The highest BCUT2D eigenvalue weighted by molar-refractivity contribution is 5.77. The summed E-state index contributed by atoms with van der Waals surface area (Å²) in [4.78, 5) is 13.4. The first kappa shape index (κ1) is 15.6. The molecule has 23 heavy (non-hydrogen) atoms. The lowest BCUT2D eigenvalue weighted by Crippen LogP contribution is -2.29. The Morgan fingerprint density at radius 2 is 2.00 bits per heavy atom. The number of halogens is 2. The summed E-state index contributed by atoms with van der Waals surface area (Å²) in [6.45, 7) is 3.83. The molecule has 1 aliphatic rings. The number of aromatic nitrogens is 2. The molecular formula is C16H18F2N4O. The van der Waals surface area contributed by atoms with E-state index in [-0.39, 0.29) is 23.4 Å². The average Bonchev–Trinajstić information content (AvgIpc) is 3.06. The average molecular weight is 320 g/mol. The Balaban J connectivity index is 1.75. The van der Waals surface area contributed by atoms with E-state index >= 15 is 0 Å². The number of para-hydroxylation sites is 1. The number of carbonyl (C=O) groups excluding carboxylic acids is 1. The highest BCUT2D eigenvalue weighted by Crippen LogP contribution is 2.24. The molecule has 0 unspecified atom stereocenters. The summed E-state index contributed by atoms with van der Waals surface area (Å²) < 4.78 is 28.8. The Kier molecular flexibility index (Phi) is 4.12. The Morgan fingerprint density at radius 1 is 1.30 bits per heavy atom. The molecule has 1 aromatic heterocycles. The van der Waals surface area contributed by atoms with Crippen LogP contribution in [0.4, 0.5) is 8.78 Å². The molecule has 122 valence electrons. The zero-order valence-electron chi connectivity index (χ0n) is 12.7. The van der Waals surface area contributed by atoms with Crippen LogP contribution < -0.4 is 5.73 Å². The van der Waals surface area contributed by atoms with Gasteiger partial charge in [-0.15, -0.1) is 0 Å². The first-order valence-electron chi connectivity index (χ1n) is 7.46. The van der Waals surface area contributed by atoms with Gasteiger partial charge in [-0.05, 0) is 24.1 Å². The van der Waals surface area contributed by atoms with Crippen molar-refractivity contribution >= 4 is 5.91 Å². The summed E-state index contributed by atoms with van der Waals surface area (Å²) in [5.74, 6) is -1.59. The van der Waals surface area contributed by atoms with Crippen LogP contribution in [0, 0.1) is 23.5 Å². The lowest BCUT2D eigenvalue weighted by atomic mass is 9.98. The van der Waals surface area contributed by atoms with Gasteiger partial charge in [0.05, 0.1) is 11.6 Å². The van der Waals surface area contributed by atoms with Gasteiger partial charge in [0, 0.05) is 25.8 Å². The number of likely N-dealkylation sites (tertiary alicyclic amines) is 1. The van der Waals surface area contributed by atoms with Crippen LogP contribution in [0.5, 0.6) is 0 Å². The smallest absolute Gasteiger partial charge is 0.222 e. The molecule has 0 radical (unpaired) electrons. The van der Waals surface area contributed by atoms with Crippen molar-refractivity contribution in [3.63, 3.8) is 0 Å². The van der Waals surface area contributed by atoms with E-state index in [1.54, 1.807) is 6.07 Å². The van der Waals surface area contributed by atoms with E-state index in [0.717, 1.165) is 6.54 Å². The van der Waals surface area contributed by atoms with Gasteiger partial charge in [0.1, 0.15) is 5.69 Å². The van der Waals surface area contributed by atoms with Crippen molar-refractivity contribution in [1.29, 1.82) is 0 Å². The maximum Gasteiger partial charge on any atom is 0.222 e. The van der Waals surface area contributed by atoms with Gasteiger partial charge in [0.15, 0.2) is 11.6 Å². The van der Waals surface area contributed by atoms with Gasteiger partial charge in [-0.25, -0.2) is 13.5 Å². The third-order valence-electron chi connectivity index (χ3n) is 4.25. The summed E-state index contributed by atoms with van der Waals surface area (Å²) >= 11 is 0. The molecule has 2 atom stereocenters. The Labute approximate surface area is 132 Å². The maximum atomic E-state index is 13.8. The minimum atomic E-state index is -0.664. The van der Waals surface area contributed by atoms with E-state index in [0.29, 0.717) is 18.8 Å². The van der Waals surface area contributed by atoms with E-state index < -0.39 is 11.6 Å². The molecule has 1 aliphatic heterocycles. The number of amides is 1. The zero-order valence-corrected chi connectivity index (χ0v) is 12.7. The van der Waals surface area contributed by atoms with E-state index in [9.17, 15) is 13.6 Å². The topological polar surface area (TPSA) is 64.2 Å². The molecule has 7 heteroatoms. The van der Waals surface area contributed by atoms with Crippen molar-refractivity contribution in [3.05, 3.63) is 47.8 Å². The quantitative estimate of drug-likeness (QED) is 0.932. The van der Waals surface area contributed by atoms with Gasteiger partial charge in [-0.1, -0.05) is 13.0 Å². The van der Waals surface area contributed by atoms with Gasteiger partial charge in [0.2, 0.25) is 5.91 Å². The van der Waals surface area contributed by atoms with Crippen molar-refractivity contribution in [1.82, 2.24) is 14.7 Å². The summed E-state index contributed by atoms with van der Waals surface area (Å²) in [5, 5.41) is 4.24.